The first-order valence-corrected chi connectivity index (χ1v) is 6.30. The molecule has 0 aliphatic heterocycles. The summed E-state index contributed by atoms with van der Waals surface area (Å²) in [6.45, 7) is 2.03. The molecule has 1 N–H and O–H groups in total. The van der Waals surface area contributed by atoms with Gasteiger partial charge in [0, 0.05) is 0 Å². The van der Waals surface area contributed by atoms with Gasteiger partial charge in [-0.2, -0.15) is 21.3 Å². The molecular weight excluding hydrogens is 252 g/mol. The number of hydrogen-bond donors (Lipinski definition) is 1. The minimum absolute atomic E-state index is 0.105. The molecule has 6 nitrogen and oxygen atoms in total. The molecule has 0 amide bonds. The molecule has 0 bridgehead atoms. The Morgan fingerprint density at radius 3 is 2.33 bits per heavy atom. The maximum absolute atomic E-state index is 4.99. The summed E-state index contributed by atoms with van der Waals surface area (Å²) in [5.41, 5.74) is 1.18. The van der Waals surface area contributed by atoms with Crippen molar-refractivity contribution in [2.45, 2.75) is 13.0 Å². The van der Waals surface area contributed by atoms with Crippen molar-refractivity contribution in [3.05, 3.63) is 22.4 Å². The van der Waals surface area contributed by atoms with E-state index in [2.05, 4.69) is 31.7 Å². The third-order valence-corrected chi connectivity index (χ3v) is 3.05. The lowest BCUT2D eigenvalue weighted by molar-refractivity contribution is 0.341. The molecule has 0 spiro atoms. The second-order valence-corrected chi connectivity index (χ2v) is 4.34. The Labute approximate surface area is 109 Å². The molecule has 0 aromatic carbocycles. The van der Waals surface area contributed by atoms with E-state index in [4.69, 9.17) is 9.47 Å². The first-order valence-electron chi connectivity index (χ1n) is 5.35. The van der Waals surface area contributed by atoms with Gasteiger partial charge in [0.25, 0.3) is 0 Å². The monoisotopic (exact) mass is 266 g/mol. The summed E-state index contributed by atoms with van der Waals surface area (Å²) in [4.78, 5) is 12.2. The van der Waals surface area contributed by atoms with Gasteiger partial charge in [0.05, 0.1) is 20.3 Å². The maximum atomic E-state index is 4.99. The van der Waals surface area contributed by atoms with Crippen LogP contribution in [0.15, 0.2) is 16.8 Å². The average molecular weight is 266 g/mol. The van der Waals surface area contributed by atoms with E-state index in [0.717, 1.165) is 0 Å². The van der Waals surface area contributed by atoms with Gasteiger partial charge in [0.2, 0.25) is 5.95 Å². The molecule has 18 heavy (non-hydrogen) atoms. The molecule has 1 unspecified atom stereocenters. The van der Waals surface area contributed by atoms with E-state index in [1.54, 1.807) is 11.3 Å². The molecule has 7 heteroatoms. The quantitative estimate of drug-likeness (QED) is 0.894. The number of ether oxygens (including phenoxy) is 2. The SMILES string of the molecule is COc1nc(NC(C)c2ccsc2)nc(OC)n1. The van der Waals surface area contributed by atoms with E-state index >= 15 is 0 Å². The van der Waals surface area contributed by atoms with Crippen molar-refractivity contribution in [3.63, 3.8) is 0 Å². The van der Waals surface area contributed by atoms with Crippen LogP contribution in [-0.2, 0) is 0 Å². The molecule has 0 aliphatic rings. The summed E-state index contributed by atoms with van der Waals surface area (Å²) in [7, 11) is 3.00. The minimum atomic E-state index is 0.105. The fourth-order valence-electron chi connectivity index (χ4n) is 1.38. The number of methoxy groups -OCH3 is 2. The van der Waals surface area contributed by atoms with Gasteiger partial charge in [-0.1, -0.05) is 0 Å². The highest BCUT2D eigenvalue weighted by Gasteiger charge is 2.11. The summed E-state index contributed by atoms with van der Waals surface area (Å²) in [6, 6.07) is 2.61. The summed E-state index contributed by atoms with van der Waals surface area (Å²) in [5.74, 6) is 0.428. The molecular formula is C11H14N4O2S. The van der Waals surface area contributed by atoms with Crippen LogP contribution in [0, 0.1) is 0 Å². The number of aromatic nitrogens is 3. The fraction of sp³-hybridized carbons (Fsp3) is 0.364. The predicted molar refractivity (Wildman–Crippen MR) is 69.3 cm³/mol. The van der Waals surface area contributed by atoms with Crippen LogP contribution in [0.1, 0.15) is 18.5 Å². The zero-order valence-electron chi connectivity index (χ0n) is 10.4. The topological polar surface area (TPSA) is 69.2 Å². The van der Waals surface area contributed by atoms with E-state index in [1.165, 1.54) is 19.8 Å². The van der Waals surface area contributed by atoms with Crippen molar-refractivity contribution in [3.8, 4) is 12.0 Å². The van der Waals surface area contributed by atoms with E-state index in [1.807, 2.05) is 12.3 Å². The summed E-state index contributed by atoms with van der Waals surface area (Å²) < 4.78 is 9.98. The molecule has 2 rings (SSSR count). The van der Waals surface area contributed by atoms with Crippen molar-refractivity contribution in [2.24, 2.45) is 0 Å². The van der Waals surface area contributed by atoms with Crippen LogP contribution in [0.25, 0.3) is 0 Å². The fourth-order valence-corrected chi connectivity index (χ4v) is 2.14. The molecule has 1 atom stereocenters. The largest absolute Gasteiger partial charge is 0.467 e. The molecule has 0 aliphatic carbocycles. The highest BCUT2D eigenvalue weighted by atomic mass is 32.1. The van der Waals surface area contributed by atoms with Gasteiger partial charge in [0.15, 0.2) is 0 Å². The highest BCUT2D eigenvalue weighted by molar-refractivity contribution is 7.07. The maximum Gasteiger partial charge on any atom is 0.324 e. The first kappa shape index (κ1) is 12.6. The molecule has 0 saturated heterocycles. The highest BCUT2D eigenvalue weighted by Crippen LogP contribution is 2.21. The van der Waals surface area contributed by atoms with Crippen molar-refractivity contribution in [2.75, 3.05) is 19.5 Å². The molecule has 0 fully saturated rings. The van der Waals surface area contributed by atoms with Gasteiger partial charge >= 0.3 is 12.0 Å². The summed E-state index contributed by atoms with van der Waals surface area (Å²) >= 11 is 1.65. The summed E-state index contributed by atoms with van der Waals surface area (Å²) in [5, 5.41) is 7.28. The predicted octanol–water partition coefficient (Wildman–Crippen LogP) is 2.12. The van der Waals surface area contributed by atoms with Gasteiger partial charge in [-0.15, -0.1) is 4.98 Å². The van der Waals surface area contributed by atoms with Crippen molar-refractivity contribution in [1.82, 2.24) is 15.0 Å². The lowest BCUT2D eigenvalue weighted by atomic mass is 10.2. The molecule has 2 heterocycles. The van der Waals surface area contributed by atoms with Crippen molar-refractivity contribution < 1.29 is 9.47 Å². The second kappa shape index (κ2) is 5.63. The normalized spacial score (nSPS) is 11.9. The standard InChI is InChI=1S/C11H14N4O2S/c1-7(8-4-5-18-6-8)12-9-13-10(16-2)15-11(14-9)17-3/h4-7H,1-3H3,(H,12,13,14,15). The first-order chi connectivity index (χ1) is 8.72. The number of hydrogen-bond acceptors (Lipinski definition) is 7. The number of thiophene rings is 1. The third kappa shape index (κ3) is 2.86. The smallest absolute Gasteiger partial charge is 0.324 e. The second-order valence-electron chi connectivity index (χ2n) is 3.56. The lowest BCUT2D eigenvalue weighted by Gasteiger charge is -2.13. The van der Waals surface area contributed by atoms with Crippen LogP contribution < -0.4 is 14.8 Å². The summed E-state index contributed by atoms with van der Waals surface area (Å²) in [6.07, 6.45) is 0. The van der Waals surface area contributed by atoms with E-state index in [9.17, 15) is 0 Å². The van der Waals surface area contributed by atoms with Crippen LogP contribution in [-0.4, -0.2) is 29.2 Å². The molecule has 96 valence electrons. The van der Waals surface area contributed by atoms with Crippen molar-refractivity contribution in [1.29, 1.82) is 0 Å². The lowest BCUT2D eigenvalue weighted by Crippen LogP contribution is -2.10. The molecule has 0 radical (unpaired) electrons. The Hall–Kier alpha value is -1.89. The number of anilines is 1. The average Bonchev–Trinajstić information content (AvgIpc) is 2.92. The van der Waals surface area contributed by atoms with E-state index < -0.39 is 0 Å². The Balaban J connectivity index is 2.17. The van der Waals surface area contributed by atoms with Crippen molar-refractivity contribution >= 4 is 17.3 Å². The number of rotatable bonds is 5. The zero-order chi connectivity index (χ0) is 13.0. The van der Waals surface area contributed by atoms with E-state index in [0.29, 0.717) is 5.95 Å². The number of nitrogens with one attached hydrogen (secondary N) is 1. The molecule has 2 aromatic rings. The Kier molecular flexibility index (Phi) is 3.93. The molecule has 0 saturated carbocycles. The van der Waals surface area contributed by atoms with Gasteiger partial charge < -0.3 is 14.8 Å². The Morgan fingerprint density at radius 1 is 1.17 bits per heavy atom. The van der Waals surface area contributed by atoms with Gasteiger partial charge in [-0.05, 0) is 29.3 Å². The van der Waals surface area contributed by atoms with Crippen LogP contribution in [0.4, 0.5) is 5.95 Å². The van der Waals surface area contributed by atoms with Crippen LogP contribution in [0.5, 0.6) is 12.0 Å². The van der Waals surface area contributed by atoms with Crippen LogP contribution in [0.3, 0.4) is 0 Å². The Morgan fingerprint density at radius 2 is 1.83 bits per heavy atom. The minimum Gasteiger partial charge on any atom is -0.467 e. The van der Waals surface area contributed by atoms with Crippen LogP contribution in [0.2, 0.25) is 0 Å². The zero-order valence-corrected chi connectivity index (χ0v) is 11.2. The van der Waals surface area contributed by atoms with Gasteiger partial charge in [-0.25, -0.2) is 0 Å². The number of nitrogens with zero attached hydrogens (tertiary/aromatic N) is 3. The van der Waals surface area contributed by atoms with Crippen LogP contribution >= 0.6 is 11.3 Å². The van der Waals surface area contributed by atoms with Gasteiger partial charge in [-0.3, -0.25) is 0 Å². The third-order valence-electron chi connectivity index (χ3n) is 2.35. The molecule has 2 aromatic heterocycles. The van der Waals surface area contributed by atoms with E-state index in [-0.39, 0.29) is 18.1 Å². The van der Waals surface area contributed by atoms with Gasteiger partial charge in [0.1, 0.15) is 0 Å². The Bertz CT molecular complexity index is 481.